The van der Waals surface area contributed by atoms with Crippen LogP contribution in [-0.2, 0) is 10.9 Å². The van der Waals surface area contributed by atoms with Crippen LogP contribution in [0.4, 0.5) is 13.2 Å². The highest BCUT2D eigenvalue weighted by Crippen LogP contribution is 2.39. The SMILES string of the molecule is CC(C)C(N)C1CCC(c2ccc(C(F)(F)F)c(-c3[nH]nc4ncccc34)n2)CCO1. The molecule has 0 spiro atoms. The Morgan fingerprint density at radius 3 is 2.71 bits per heavy atom. The van der Waals surface area contributed by atoms with Gasteiger partial charge in [0.1, 0.15) is 5.69 Å². The quantitative estimate of drug-likeness (QED) is 0.624. The molecule has 1 fully saturated rings. The lowest BCUT2D eigenvalue weighted by molar-refractivity contribution is -0.137. The Labute approximate surface area is 178 Å². The van der Waals surface area contributed by atoms with Crippen LogP contribution in [0.25, 0.3) is 22.4 Å². The predicted molar refractivity (Wildman–Crippen MR) is 111 cm³/mol. The molecule has 31 heavy (non-hydrogen) atoms. The van der Waals surface area contributed by atoms with Crippen LogP contribution in [0.15, 0.2) is 30.5 Å². The number of nitrogens with zero attached hydrogens (tertiary/aromatic N) is 3. The van der Waals surface area contributed by atoms with Crippen molar-refractivity contribution in [2.75, 3.05) is 6.61 Å². The van der Waals surface area contributed by atoms with Crippen molar-refractivity contribution in [1.29, 1.82) is 0 Å². The Hall–Kier alpha value is -2.52. The van der Waals surface area contributed by atoms with Gasteiger partial charge < -0.3 is 10.5 Å². The number of pyridine rings is 2. The maximum absolute atomic E-state index is 13.8. The molecule has 1 aliphatic rings. The molecule has 166 valence electrons. The molecular formula is C22H26F3N5O. The summed E-state index contributed by atoms with van der Waals surface area (Å²) in [7, 11) is 0. The second kappa shape index (κ2) is 8.55. The fourth-order valence-electron chi connectivity index (χ4n) is 4.14. The number of nitrogens with two attached hydrogens (primary N) is 1. The molecule has 3 atom stereocenters. The third-order valence-electron chi connectivity index (χ3n) is 6.00. The smallest absolute Gasteiger partial charge is 0.377 e. The lowest BCUT2D eigenvalue weighted by Gasteiger charge is -2.25. The van der Waals surface area contributed by atoms with Crippen molar-refractivity contribution < 1.29 is 17.9 Å². The molecule has 0 radical (unpaired) electrons. The summed E-state index contributed by atoms with van der Waals surface area (Å²) in [6, 6.07) is 5.88. The molecular weight excluding hydrogens is 407 g/mol. The van der Waals surface area contributed by atoms with Gasteiger partial charge in [-0.1, -0.05) is 13.8 Å². The molecule has 3 N–H and O–H groups in total. The van der Waals surface area contributed by atoms with Crippen molar-refractivity contribution in [2.45, 2.75) is 57.3 Å². The first-order valence-electron chi connectivity index (χ1n) is 10.5. The van der Waals surface area contributed by atoms with Gasteiger partial charge >= 0.3 is 6.18 Å². The molecule has 0 aliphatic carbocycles. The van der Waals surface area contributed by atoms with Gasteiger partial charge in [0, 0.05) is 35.8 Å². The lowest BCUT2D eigenvalue weighted by Crippen LogP contribution is -2.40. The van der Waals surface area contributed by atoms with Gasteiger partial charge in [-0.05, 0) is 49.4 Å². The van der Waals surface area contributed by atoms with Crippen molar-refractivity contribution in [3.63, 3.8) is 0 Å². The van der Waals surface area contributed by atoms with Crippen LogP contribution in [-0.4, -0.2) is 38.9 Å². The number of hydrogen-bond acceptors (Lipinski definition) is 5. The predicted octanol–water partition coefficient (Wildman–Crippen LogP) is 4.67. The second-order valence-electron chi connectivity index (χ2n) is 8.40. The Kier molecular flexibility index (Phi) is 5.98. The van der Waals surface area contributed by atoms with Gasteiger partial charge in [0.05, 0.1) is 17.4 Å². The first-order chi connectivity index (χ1) is 14.8. The molecule has 6 nitrogen and oxygen atoms in total. The number of alkyl halides is 3. The standard InChI is InChI=1S/C22H26F3N5O/c1-12(2)18(26)17-8-5-13(9-11-31-17)16-7-6-15(22(23,24)25)20(28-16)19-14-4-3-10-27-21(14)30-29-19/h3-4,6-7,10,12-13,17-18H,5,8-9,11,26H2,1-2H3,(H,27,29,30). The van der Waals surface area contributed by atoms with E-state index in [-0.39, 0.29) is 29.5 Å². The minimum Gasteiger partial charge on any atom is -0.377 e. The topological polar surface area (TPSA) is 89.7 Å². The van der Waals surface area contributed by atoms with E-state index in [9.17, 15) is 13.2 Å². The van der Waals surface area contributed by atoms with Gasteiger partial charge in [-0.25, -0.2) is 4.98 Å². The van der Waals surface area contributed by atoms with Gasteiger partial charge in [0.2, 0.25) is 0 Å². The van der Waals surface area contributed by atoms with Gasteiger partial charge in [-0.2, -0.15) is 18.3 Å². The Morgan fingerprint density at radius 2 is 1.97 bits per heavy atom. The van der Waals surface area contributed by atoms with Gasteiger partial charge in [0.25, 0.3) is 0 Å². The second-order valence-corrected chi connectivity index (χ2v) is 8.40. The third kappa shape index (κ3) is 4.43. The van der Waals surface area contributed by atoms with Crippen LogP contribution in [0.2, 0.25) is 0 Å². The summed E-state index contributed by atoms with van der Waals surface area (Å²) >= 11 is 0. The highest BCUT2D eigenvalue weighted by atomic mass is 19.4. The highest BCUT2D eigenvalue weighted by molar-refractivity contribution is 5.90. The van der Waals surface area contributed by atoms with E-state index in [1.165, 1.54) is 6.07 Å². The third-order valence-corrected chi connectivity index (χ3v) is 6.00. The summed E-state index contributed by atoms with van der Waals surface area (Å²) in [6.45, 7) is 4.62. The fraction of sp³-hybridized carbons (Fsp3) is 0.500. The number of hydrogen-bond donors (Lipinski definition) is 2. The Bertz CT molecular complexity index is 1050. The van der Waals surface area contributed by atoms with E-state index >= 15 is 0 Å². The zero-order chi connectivity index (χ0) is 22.2. The maximum atomic E-state index is 13.8. The molecule has 3 unspecified atom stereocenters. The summed E-state index contributed by atoms with van der Waals surface area (Å²) in [6.07, 6.45) is -0.855. The summed E-state index contributed by atoms with van der Waals surface area (Å²) in [5, 5.41) is 7.25. The van der Waals surface area contributed by atoms with Crippen LogP contribution in [0, 0.1) is 5.92 Å². The molecule has 4 rings (SSSR count). The van der Waals surface area contributed by atoms with Gasteiger partial charge in [0.15, 0.2) is 5.65 Å². The van der Waals surface area contributed by atoms with E-state index in [2.05, 4.69) is 34.0 Å². The van der Waals surface area contributed by atoms with Crippen molar-refractivity contribution in [1.82, 2.24) is 20.2 Å². The number of halogens is 3. The number of nitrogens with one attached hydrogen (secondary N) is 1. The van der Waals surface area contributed by atoms with Crippen molar-refractivity contribution in [2.24, 2.45) is 11.7 Å². The first kappa shape index (κ1) is 21.7. The summed E-state index contributed by atoms with van der Waals surface area (Å²) in [4.78, 5) is 8.60. The molecule has 0 bridgehead atoms. The monoisotopic (exact) mass is 433 g/mol. The minimum absolute atomic E-state index is 0.00212. The number of aromatic amines is 1. The number of ether oxygens (including phenoxy) is 1. The highest BCUT2D eigenvalue weighted by Gasteiger charge is 2.36. The van der Waals surface area contributed by atoms with E-state index in [1.54, 1.807) is 18.3 Å². The first-order valence-corrected chi connectivity index (χ1v) is 10.5. The summed E-state index contributed by atoms with van der Waals surface area (Å²) < 4.78 is 47.3. The van der Waals surface area contributed by atoms with Gasteiger partial charge in [-0.15, -0.1) is 0 Å². The lowest BCUT2D eigenvalue weighted by atomic mass is 9.90. The average molecular weight is 433 g/mol. The molecule has 9 heteroatoms. The van der Waals surface area contributed by atoms with Crippen molar-refractivity contribution in [3.8, 4) is 11.4 Å². The Morgan fingerprint density at radius 1 is 1.16 bits per heavy atom. The number of aromatic nitrogens is 4. The fourth-order valence-corrected chi connectivity index (χ4v) is 4.14. The normalized spacial score (nSPS) is 21.4. The van der Waals surface area contributed by atoms with E-state index in [0.29, 0.717) is 35.7 Å². The zero-order valence-electron chi connectivity index (χ0n) is 17.5. The minimum atomic E-state index is -4.54. The zero-order valence-corrected chi connectivity index (χ0v) is 17.5. The van der Waals surface area contributed by atoms with Crippen LogP contribution >= 0.6 is 0 Å². The molecule has 3 aromatic rings. The van der Waals surface area contributed by atoms with Crippen LogP contribution in [0.1, 0.15) is 50.3 Å². The Balaban J connectivity index is 1.70. The molecule has 0 saturated carbocycles. The number of fused-ring (bicyclic) bond motifs is 1. The van der Waals surface area contributed by atoms with E-state index < -0.39 is 11.7 Å². The van der Waals surface area contributed by atoms with Crippen molar-refractivity contribution >= 4 is 11.0 Å². The summed E-state index contributed by atoms with van der Waals surface area (Å²) in [5.74, 6) is 0.289. The van der Waals surface area contributed by atoms with E-state index in [1.807, 2.05) is 0 Å². The van der Waals surface area contributed by atoms with Crippen LogP contribution in [0.3, 0.4) is 0 Å². The maximum Gasteiger partial charge on any atom is 0.418 e. The van der Waals surface area contributed by atoms with Crippen LogP contribution < -0.4 is 5.73 Å². The largest absolute Gasteiger partial charge is 0.418 e. The van der Waals surface area contributed by atoms with E-state index in [0.717, 1.165) is 18.9 Å². The molecule has 0 amide bonds. The summed E-state index contributed by atoms with van der Waals surface area (Å²) in [5.41, 5.74) is 6.52. The molecule has 0 aromatic carbocycles. The average Bonchev–Trinajstić information content (AvgIpc) is 3.01. The molecule has 1 aliphatic heterocycles. The molecule has 3 aromatic heterocycles. The molecule has 1 saturated heterocycles. The van der Waals surface area contributed by atoms with Gasteiger partial charge in [-0.3, -0.25) is 10.1 Å². The number of rotatable bonds is 4. The van der Waals surface area contributed by atoms with E-state index in [4.69, 9.17) is 10.5 Å². The number of H-pyrrole nitrogens is 1. The van der Waals surface area contributed by atoms with Crippen LogP contribution in [0.5, 0.6) is 0 Å². The molecule has 4 heterocycles. The van der Waals surface area contributed by atoms with Crippen molar-refractivity contribution in [3.05, 3.63) is 41.7 Å².